The molecule has 0 spiro atoms. The molecule has 7 heteroatoms. The monoisotopic (exact) mass is 276 g/mol. The molecule has 1 fully saturated rings. The topological polar surface area (TPSA) is 100 Å². The molecule has 1 unspecified atom stereocenters. The van der Waals surface area contributed by atoms with Crippen molar-refractivity contribution in [3.63, 3.8) is 0 Å². The van der Waals surface area contributed by atoms with Crippen LogP contribution in [0.3, 0.4) is 0 Å². The fourth-order valence-corrected chi connectivity index (χ4v) is 1.90. The average Bonchev–Trinajstić information content (AvgIpc) is 2.43. The van der Waals surface area contributed by atoms with Gasteiger partial charge < -0.3 is 10.6 Å². The van der Waals surface area contributed by atoms with E-state index in [2.05, 4.69) is 20.9 Å². The van der Waals surface area contributed by atoms with E-state index < -0.39 is 17.9 Å². The van der Waals surface area contributed by atoms with E-state index in [0.717, 1.165) is 12.2 Å². The zero-order chi connectivity index (χ0) is 14.5. The molecular formula is C13H16N4O3. The average molecular weight is 276 g/mol. The van der Waals surface area contributed by atoms with Crippen molar-refractivity contribution in [2.24, 2.45) is 0 Å². The molecule has 2 rings (SSSR count). The summed E-state index contributed by atoms with van der Waals surface area (Å²) in [6.45, 7) is 2.73. The third-order valence-electron chi connectivity index (χ3n) is 2.92. The minimum Gasteiger partial charge on any atom is -0.384 e. The molecule has 1 aromatic heterocycles. The number of imide groups is 1. The first kappa shape index (κ1) is 14.0. The molecule has 3 N–H and O–H groups in total. The SMILES string of the molecule is CCNc1ccc(C(=O)NC2CCC(=O)NC2=O)nc1. The van der Waals surface area contributed by atoms with E-state index >= 15 is 0 Å². The third kappa shape index (κ3) is 3.31. The lowest BCUT2D eigenvalue weighted by Crippen LogP contribution is -2.52. The number of pyridine rings is 1. The highest BCUT2D eigenvalue weighted by Crippen LogP contribution is 2.08. The second-order valence-electron chi connectivity index (χ2n) is 4.44. The first-order valence-corrected chi connectivity index (χ1v) is 6.44. The van der Waals surface area contributed by atoms with E-state index in [4.69, 9.17) is 0 Å². The van der Waals surface area contributed by atoms with E-state index in [1.54, 1.807) is 18.3 Å². The summed E-state index contributed by atoms with van der Waals surface area (Å²) >= 11 is 0. The quantitative estimate of drug-likeness (QED) is 0.675. The lowest BCUT2D eigenvalue weighted by Gasteiger charge is -2.21. The molecule has 0 aromatic carbocycles. The molecule has 0 saturated carbocycles. The summed E-state index contributed by atoms with van der Waals surface area (Å²) in [5.41, 5.74) is 1.06. The number of carbonyl (C=O) groups excluding carboxylic acids is 3. The van der Waals surface area contributed by atoms with Gasteiger partial charge in [-0.2, -0.15) is 0 Å². The molecule has 1 aromatic rings. The smallest absolute Gasteiger partial charge is 0.270 e. The van der Waals surface area contributed by atoms with Gasteiger partial charge in [0.05, 0.1) is 11.9 Å². The highest BCUT2D eigenvalue weighted by Gasteiger charge is 2.28. The minimum atomic E-state index is -0.685. The Morgan fingerprint density at radius 1 is 1.45 bits per heavy atom. The number of carbonyl (C=O) groups is 3. The van der Waals surface area contributed by atoms with E-state index in [1.165, 1.54) is 0 Å². The Hall–Kier alpha value is -2.44. The maximum absolute atomic E-state index is 12.0. The highest BCUT2D eigenvalue weighted by atomic mass is 16.2. The molecule has 7 nitrogen and oxygen atoms in total. The van der Waals surface area contributed by atoms with Crippen LogP contribution in [0.1, 0.15) is 30.3 Å². The molecule has 106 valence electrons. The normalized spacial score (nSPS) is 18.4. The van der Waals surface area contributed by atoms with Gasteiger partial charge >= 0.3 is 0 Å². The maximum Gasteiger partial charge on any atom is 0.270 e. The molecule has 1 aliphatic rings. The van der Waals surface area contributed by atoms with E-state index in [-0.39, 0.29) is 18.0 Å². The Labute approximate surface area is 116 Å². The van der Waals surface area contributed by atoms with Crippen LogP contribution in [0.25, 0.3) is 0 Å². The summed E-state index contributed by atoms with van der Waals surface area (Å²) in [4.78, 5) is 38.5. The molecule has 0 radical (unpaired) electrons. The van der Waals surface area contributed by atoms with Gasteiger partial charge in [0.1, 0.15) is 11.7 Å². The standard InChI is InChI=1S/C13H16N4O3/c1-2-14-8-3-4-9(15-7-8)12(19)16-10-5-6-11(18)17-13(10)20/h3-4,7,10,14H,2,5-6H2,1H3,(H,16,19)(H,17,18,20). The van der Waals surface area contributed by atoms with Crippen LogP contribution in [0.4, 0.5) is 5.69 Å². The summed E-state index contributed by atoms with van der Waals surface area (Å²) < 4.78 is 0. The number of amides is 3. The minimum absolute atomic E-state index is 0.226. The van der Waals surface area contributed by atoms with E-state index in [0.29, 0.717) is 6.42 Å². The molecule has 2 heterocycles. The van der Waals surface area contributed by atoms with Crippen molar-refractivity contribution in [2.45, 2.75) is 25.8 Å². The number of hydrogen-bond acceptors (Lipinski definition) is 5. The van der Waals surface area contributed by atoms with E-state index in [1.807, 2.05) is 6.92 Å². The summed E-state index contributed by atoms with van der Waals surface area (Å²) in [5.74, 6) is -1.21. The van der Waals surface area contributed by atoms with Crippen molar-refractivity contribution in [1.82, 2.24) is 15.6 Å². The second kappa shape index (κ2) is 6.14. The van der Waals surface area contributed by atoms with Crippen molar-refractivity contribution < 1.29 is 14.4 Å². The first-order chi connectivity index (χ1) is 9.60. The van der Waals surface area contributed by atoms with Crippen LogP contribution in [0.5, 0.6) is 0 Å². The van der Waals surface area contributed by atoms with Crippen LogP contribution in [0, 0.1) is 0 Å². The van der Waals surface area contributed by atoms with Gasteiger partial charge in [-0.05, 0) is 25.5 Å². The zero-order valence-corrected chi connectivity index (χ0v) is 11.1. The lowest BCUT2D eigenvalue weighted by atomic mass is 10.1. The molecule has 20 heavy (non-hydrogen) atoms. The van der Waals surface area contributed by atoms with Gasteiger partial charge in [-0.25, -0.2) is 4.98 Å². The van der Waals surface area contributed by atoms with Crippen LogP contribution in [-0.2, 0) is 9.59 Å². The summed E-state index contributed by atoms with van der Waals surface area (Å²) in [6, 6.07) is 2.64. The largest absolute Gasteiger partial charge is 0.384 e. The van der Waals surface area contributed by atoms with Crippen molar-refractivity contribution in [3.8, 4) is 0 Å². The Bertz CT molecular complexity index is 527. The molecule has 3 amide bonds. The summed E-state index contributed by atoms with van der Waals surface area (Å²) in [6.07, 6.45) is 2.10. The molecule has 0 aliphatic carbocycles. The fourth-order valence-electron chi connectivity index (χ4n) is 1.90. The van der Waals surface area contributed by atoms with Crippen molar-refractivity contribution >= 4 is 23.4 Å². The number of hydrogen-bond donors (Lipinski definition) is 3. The van der Waals surface area contributed by atoms with Gasteiger partial charge in [-0.1, -0.05) is 0 Å². The predicted octanol–water partition coefficient (Wildman–Crippen LogP) is 0.0484. The molecule has 1 atom stereocenters. The highest BCUT2D eigenvalue weighted by molar-refractivity contribution is 6.03. The van der Waals surface area contributed by atoms with E-state index in [9.17, 15) is 14.4 Å². The van der Waals surface area contributed by atoms with Crippen LogP contribution in [0.2, 0.25) is 0 Å². The Morgan fingerprint density at radius 2 is 2.25 bits per heavy atom. The van der Waals surface area contributed by atoms with Gasteiger partial charge in [0.25, 0.3) is 5.91 Å². The van der Waals surface area contributed by atoms with Crippen molar-refractivity contribution in [3.05, 3.63) is 24.0 Å². The molecule has 1 saturated heterocycles. The third-order valence-corrected chi connectivity index (χ3v) is 2.92. The first-order valence-electron chi connectivity index (χ1n) is 6.44. The fraction of sp³-hybridized carbons (Fsp3) is 0.385. The van der Waals surface area contributed by atoms with Crippen molar-refractivity contribution in [2.75, 3.05) is 11.9 Å². The van der Waals surface area contributed by atoms with Gasteiger partial charge in [0.2, 0.25) is 11.8 Å². The molecular weight excluding hydrogens is 260 g/mol. The van der Waals surface area contributed by atoms with Gasteiger partial charge in [-0.15, -0.1) is 0 Å². The van der Waals surface area contributed by atoms with Crippen LogP contribution in [-0.4, -0.2) is 35.3 Å². The number of rotatable bonds is 4. The second-order valence-corrected chi connectivity index (χ2v) is 4.44. The molecule has 1 aliphatic heterocycles. The Balaban J connectivity index is 1.97. The van der Waals surface area contributed by atoms with Crippen LogP contribution < -0.4 is 16.0 Å². The molecule has 0 bridgehead atoms. The van der Waals surface area contributed by atoms with Crippen LogP contribution >= 0.6 is 0 Å². The Morgan fingerprint density at radius 3 is 2.85 bits per heavy atom. The number of aromatic nitrogens is 1. The van der Waals surface area contributed by atoms with Crippen molar-refractivity contribution in [1.29, 1.82) is 0 Å². The van der Waals surface area contributed by atoms with Crippen LogP contribution in [0.15, 0.2) is 18.3 Å². The van der Waals surface area contributed by atoms with Gasteiger partial charge in [0.15, 0.2) is 0 Å². The Kier molecular flexibility index (Phi) is 4.29. The maximum atomic E-state index is 12.0. The van der Waals surface area contributed by atoms with Gasteiger partial charge in [0, 0.05) is 13.0 Å². The number of piperidine rings is 1. The zero-order valence-electron chi connectivity index (χ0n) is 11.1. The number of nitrogens with one attached hydrogen (secondary N) is 3. The summed E-state index contributed by atoms with van der Waals surface area (Å²) in [7, 11) is 0. The summed E-state index contributed by atoms with van der Waals surface area (Å²) in [5, 5.41) is 7.83. The lowest BCUT2D eigenvalue weighted by molar-refractivity contribution is -0.134. The van der Waals surface area contributed by atoms with Gasteiger partial charge in [-0.3, -0.25) is 19.7 Å². The number of nitrogens with zero attached hydrogens (tertiary/aromatic N) is 1. The number of anilines is 1. The predicted molar refractivity (Wildman–Crippen MR) is 72.0 cm³/mol.